The van der Waals surface area contributed by atoms with Gasteiger partial charge in [-0.3, -0.25) is 24.6 Å². The standard InChI is InChI=1S/C23H18N2O4S/c1-15-12-18(10-11-21(15)25(28)29)30-14-17-8-6-16(7-9-17)13-24-22(26)19-4-2-3-5-20(19)23(24)27/h2-12H,13-14H2,1H3. The van der Waals surface area contributed by atoms with Gasteiger partial charge in [-0.25, -0.2) is 0 Å². The van der Waals surface area contributed by atoms with Gasteiger partial charge in [0.25, 0.3) is 17.5 Å². The SMILES string of the molecule is Cc1cc(SCc2ccc(CN3C(=O)c4ccccc4C3=O)cc2)ccc1[N+](=O)[O-]. The minimum atomic E-state index is -0.378. The third-order valence-corrected chi connectivity index (χ3v) is 6.08. The van der Waals surface area contributed by atoms with Crippen molar-refractivity contribution in [2.24, 2.45) is 0 Å². The first-order valence-corrected chi connectivity index (χ1v) is 10.3. The third-order valence-electron chi connectivity index (χ3n) is 5.01. The number of nitro benzene ring substituents is 1. The second-order valence-corrected chi connectivity index (χ2v) is 8.10. The Bertz CT molecular complexity index is 1120. The molecule has 4 rings (SSSR count). The summed E-state index contributed by atoms with van der Waals surface area (Å²) in [5, 5.41) is 10.9. The maximum absolute atomic E-state index is 12.5. The first kappa shape index (κ1) is 19.8. The quantitative estimate of drug-likeness (QED) is 0.244. The molecule has 6 nitrogen and oxygen atoms in total. The number of hydrogen-bond donors (Lipinski definition) is 0. The van der Waals surface area contributed by atoms with Gasteiger partial charge in [-0.1, -0.05) is 36.4 Å². The molecule has 7 heteroatoms. The van der Waals surface area contributed by atoms with Crippen molar-refractivity contribution in [1.29, 1.82) is 0 Å². The minimum absolute atomic E-state index is 0.122. The van der Waals surface area contributed by atoms with E-state index in [2.05, 4.69) is 0 Å². The number of nitrogens with zero attached hydrogens (tertiary/aromatic N) is 2. The molecule has 0 spiro atoms. The van der Waals surface area contributed by atoms with Gasteiger partial charge in [0.1, 0.15) is 0 Å². The zero-order valence-corrected chi connectivity index (χ0v) is 17.0. The van der Waals surface area contributed by atoms with Crippen molar-refractivity contribution < 1.29 is 14.5 Å². The second kappa shape index (κ2) is 8.12. The zero-order chi connectivity index (χ0) is 21.3. The molecule has 150 valence electrons. The molecule has 0 aliphatic carbocycles. The van der Waals surface area contributed by atoms with Crippen molar-refractivity contribution in [3.63, 3.8) is 0 Å². The summed E-state index contributed by atoms with van der Waals surface area (Å²) in [5.41, 5.74) is 3.63. The molecule has 3 aromatic carbocycles. The highest BCUT2D eigenvalue weighted by atomic mass is 32.2. The topological polar surface area (TPSA) is 80.5 Å². The molecule has 0 saturated heterocycles. The second-order valence-electron chi connectivity index (χ2n) is 7.05. The molecule has 0 atom stereocenters. The first-order chi connectivity index (χ1) is 14.4. The van der Waals surface area contributed by atoms with E-state index in [0.717, 1.165) is 16.0 Å². The Morgan fingerprint density at radius 3 is 2.07 bits per heavy atom. The number of fused-ring (bicyclic) bond motifs is 1. The summed E-state index contributed by atoms with van der Waals surface area (Å²) in [4.78, 5) is 37.8. The molecule has 0 bridgehead atoms. The lowest BCUT2D eigenvalue weighted by Gasteiger charge is -2.14. The molecule has 0 radical (unpaired) electrons. The average Bonchev–Trinajstić information content (AvgIpc) is 2.98. The zero-order valence-electron chi connectivity index (χ0n) is 16.2. The third kappa shape index (κ3) is 3.84. The largest absolute Gasteiger partial charge is 0.272 e. The van der Waals surface area contributed by atoms with Crippen LogP contribution in [0, 0.1) is 17.0 Å². The lowest BCUT2D eigenvalue weighted by molar-refractivity contribution is -0.385. The molecule has 0 saturated carbocycles. The van der Waals surface area contributed by atoms with E-state index in [9.17, 15) is 19.7 Å². The molecule has 1 aliphatic rings. The number of amides is 2. The van der Waals surface area contributed by atoms with Gasteiger partial charge >= 0.3 is 0 Å². The number of carbonyl (C=O) groups is 2. The Labute approximate surface area is 177 Å². The van der Waals surface area contributed by atoms with Gasteiger partial charge in [0.15, 0.2) is 0 Å². The fraction of sp³-hybridized carbons (Fsp3) is 0.130. The molecule has 0 N–H and O–H groups in total. The number of rotatable bonds is 6. The van der Waals surface area contributed by atoms with E-state index >= 15 is 0 Å². The smallest absolute Gasteiger partial charge is 0.270 e. The van der Waals surface area contributed by atoms with Crippen LogP contribution in [0.3, 0.4) is 0 Å². The number of imide groups is 1. The molecule has 1 heterocycles. The van der Waals surface area contributed by atoms with E-state index in [-0.39, 0.29) is 29.0 Å². The number of benzene rings is 3. The summed E-state index contributed by atoms with van der Waals surface area (Å²) in [6, 6.07) is 19.7. The number of hydrogen-bond acceptors (Lipinski definition) is 5. The van der Waals surface area contributed by atoms with E-state index in [1.165, 1.54) is 11.0 Å². The number of aryl methyl sites for hydroxylation is 1. The van der Waals surface area contributed by atoms with Crippen molar-refractivity contribution in [2.45, 2.75) is 24.1 Å². The number of thioether (sulfide) groups is 1. The van der Waals surface area contributed by atoms with Gasteiger partial charge in [-0.15, -0.1) is 11.8 Å². The molecule has 0 unspecified atom stereocenters. The van der Waals surface area contributed by atoms with Crippen molar-refractivity contribution in [3.8, 4) is 0 Å². The van der Waals surface area contributed by atoms with Crippen molar-refractivity contribution in [3.05, 3.63) is 105 Å². The fourth-order valence-electron chi connectivity index (χ4n) is 3.40. The van der Waals surface area contributed by atoms with Gasteiger partial charge in [0.05, 0.1) is 22.6 Å². The summed E-state index contributed by atoms with van der Waals surface area (Å²) >= 11 is 1.60. The molecule has 3 aromatic rings. The molecule has 1 aliphatic heterocycles. The summed E-state index contributed by atoms with van der Waals surface area (Å²) in [6.45, 7) is 1.97. The minimum Gasteiger partial charge on any atom is -0.270 e. The van der Waals surface area contributed by atoms with Crippen molar-refractivity contribution in [2.75, 3.05) is 0 Å². The lowest BCUT2D eigenvalue weighted by Crippen LogP contribution is -2.29. The fourth-order valence-corrected chi connectivity index (χ4v) is 4.35. The Morgan fingerprint density at radius 1 is 0.900 bits per heavy atom. The van der Waals surface area contributed by atoms with Gasteiger partial charge < -0.3 is 0 Å². The average molecular weight is 418 g/mol. The van der Waals surface area contributed by atoms with Crippen molar-refractivity contribution >= 4 is 29.3 Å². The van der Waals surface area contributed by atoms with Crippen LogP contribution in [-0.2, 0) is 12.3 Å². The van der Waals surface area contributed by atoms with E-state index in [0.29, 0.717) is 22.4 Å². The monoisotopic (exact) mass is 418 g/mol. The maximum Gasteiger partial charge on any atom is 0.272 e. The molecule has 0 fully saturated rings. The highest BCUT2D eigenvalue weighted by molar-refractivity contribution is 7.98. The van der Waals surface area contributed by atoms with Crippen LogP contribution in [0.2, 0.25) is 0 Å². The van der Waals surface area contributed by atoms with Crippen LogP contribution in [0.15, 0.2) is 71.6 Å². The van der Waals surface area contributed by atoms with Crippen LogP contribution in [0.4, 0.5) is 5.69 Å². The molecule has 30 heavy (non-hydrogen) atoms. The van der Waals surface area contributed by atoms with Crippen LogP contribution >= 0.6 is 11.8 Å². The summed E-state index contributed by atoms with van der Waals surface area (Å²) < 4.78 is 0. The van der Waals surface area contributed by atoms with E-state index in [1.54, 1.807) is 49.0 Å². The molecular formula is C23H18N2O4S. The Balaban J connectivity index is 1.39. The predicted octanol–water partition coefficient (Wildman–Crippen LogP) is 4.99. The highest BCUT2D eigenvalue weighted by Gasteiger charge is 2.34. The van der Waals surface area contributed by atoms with E-state index < -0.39 is 0 Å². The number of carbonyl (C=O) groups excluding carboxylic acids is 2. The van der Waals surface area contributed by atoms with Gasteiger partial charge in [-0.2, -0.15) is 0 Å². The first-order valence-electron chi connectivity index (χ1n) is 9.35. The Kier molecular flexibility index (Phi) is 5.37. The maximum atomic E-state index is 12.5. The number of nitro groups is 1. The van der Waals surface area contributed by atoms with Gasteiger partial charge in [-0.05, 0) is 42.3 Å². The van der Waals surface area contributed by atoms with Crippen LogP contribution in [0.25, 0.3) is 0 Å². The molecule has 2 amide bonds. The predicted molar refractivity (Wildman–Crippen MR) is 114 cm³/mol. The Hall–Kier alpha value is -3.45. The van der Waals surface area contributed by atoms with E-state index in [4.69, 9.17) is 0 Å². The normalized spacial score (nSPS) is 12.9. The summed E-state index contributed by atoms with van der Waals surface area (Å²) in [7, 11) is 0. The van der Waals surface area contributed by atoms with E-state index in [1.807, 2.05) is 30.3 Å². The van der Waals surface area contributed by atoms with Gasteiger partial charge in [0, 0.05) is 22.3 Å². The van der Waals surface area contributed by atoms with Crippen molar-refractivity contribution in [1.82, 2.24) is 4.90 Å². The molecule has 0 aromatic heterocycles. The summed E-state index contributed by atoms with van der Waals surface area (Å²) in [5.74, 6) is 0.192. The summed E-state index contributed by atoms with van der Waals surface area (Å²) in [6.07, 6.45) is 0. The van der Waals surface area contributed by atoms with Crippen LogP contribution < -0.4 is 0 Å². The Morgan fingerprint density at radius 2 is 1.50 bits per heavy atom. The van der Waals surface area contributed by atoms with Gasteiger partial charge in [0.2, 0.25) is 0 Å². The lowest BCUT2D eigenvalue weighted by atomic mass is 10.1. The van der Waals surface area contributed by atoms with Crippen LogP contribution in [0.5, 0.6) is 0 Å². The molecular weight excluding hydrogens is 400 g/mol. The van der Waals surface area contributed by atoms with Crippen LogP contribution in [-0.4, -0.2) is 21.6 Å². The van der Waals surface area contributed by atoms with Crippen LogP contribution in [0.1, 0.15) is 37.4 Å². The highest BCUT2D eigenvalue weighted by Crippen LogP contribution is 2.28.